The van der Waals surface area contributed by atoms with Crippen LogP contribution in [0.25, 0.3) is 0 Å². The summed E-state index contributed by atoms with van der Waals surface area (Å²) in [4.78, 5) is 23.7. The molecule has 0 aromatic heterocycles. The third-order valence-electron chi connectivity index (χ3n) is 4.84. The topological polar surface area (TPSA) is 66.4 Å². The van der Waals surface area contributed by atoms with Gasteiger partial charge in [0, 0.05) is 6.42 Å². The lowest BCUT2D eigenvalue weighted by atomic mass is 9.81. The zero-order chi connectivity index (χ0) is 17.6. The van der Waals surface area contributed by atoms with Gasteiger partial charge in [0.2, 0.25) is 5.91 Å². The minimum Gasteiger partial charge on any atom is -0.481 e. The minimum absolute atomic E-state index is 0.0863. The Morgan fingerprint density at radius 2 is 1.80 bits per heavy atom. The smallest absolute Gasteiger partial charge is 0.305 e. The number of aryl methyl sites for hydroxylation is 1. The van der Waals surface area contributed by atoms with Crippen molar-refractivity contribution in [3.05, 3.63) is 71.3 Å². The predicted octanol–water partition coefficient (Wildman–Crippen LogP) is 3.83. The van der Waals surface area contributed by atoms with Crippen LogP contribution in [0.1, 0.15) is 54.3 Å². The summed E-state index contributed by atoms with van der Waals surface area (Å²) in [6.45, 7) is 0. The number of fused-ring (bicyclic) bond motifs is 1. The van der Waals surface area contributed by atoms with Gasteiger partial charge in [0.15, 0.2) is 0 Å². The first-order chi connectivity index (χ1) is 12.1. The largest absolute Gasteiger partial charge is 0.481 e. The maximum Gasteiger partial charge on any atom is 0.305 e. The molecule has 25 heavy (non-hydrogen) atoms. The van der Waals surface area contributed by atoms with E-state index >= 15 is 0 Å². The van der Waals surface area contributed by atoms with E-state index < -0.39 is 12.0 Å². The number of carboxylic acid groups (broad SMARTS) is 1. The van der Waals surface area contributed by atoms with Crippen LogP contribution in [0.4, 0.5) is 0 Å². The normalized spacial score (nSPS) is 17.4. The third kappa shape index (κ3) is 4.47. The predicted molar refractivity (Wildman–Crippen MR) is 96.3 cm³/mol. The quantitative estimate of drug-likeness (QED) is 0.842. The van der Waals surface area contributed by atoms with Crippen LogP contribution < -0.4 is 5.32 Å². The van der Waals surface area contributed by atoms with Gasteiger partial charge < -0.3 is 10.4 Å². The molecule has 2 aromatic carbocycles. The SMILES string of the molecule is O=C(O)C[C@@H](NC(=O)C[C@@H]1CCCc2ccccc21)c1ccccc1. The molecular weight excluding hydrogens is 314 g/mol. The average molecular weight is 337 g/mol. The molecule has 2 aromatic rings. The van der Waals surface area contributed by atoms with Gasteiger partial charge in [-0.15, -0.1) is 0 Å². The fourth-order valence-electron chi connectivity index (χ4n) is 3.66. The molecule has 2 N–H and O–H groups in total. The molecule has 0 saturated heterocycles. The Morgan fingerprint density at radius 1 is 1.08 bits per heavy atom. The zero-order valence-corrected chi connectivity index (χ0v) is 14.2. The fraction of sp³-hybridized carbons (Fsp3) is 0.333. The van der Waals surface area contributed by atoms with Crippen LogP contribution in [0.15, 0.2) is 54.6 Å². The lowest BCUT2D eigenvalue weighted by Crippen LogP contribution is -2.31. The molecule has 1 aliphatic carbocycles. The molecule has 0 saturated carbocycles. The van der Waals surface area contributed by atoms with Crippen molar-refractivity contribution in [2.45, 2.75) is 44.1 Å². The fourth-order valence-corrected chi connectivity index (χ4v) is 3.66. The lowest BCUT2D eigenvalue weighted by Gasteiger charge is -2.26. The van der Waals surface area contributed by atoms with E-state index in [9.17, 15) is 9.59 Å². The van der Waals surface area contributed by atoms with Crippen LogP contribution in [0, 0.1) is 0 Å². The highest BCUT2D eigenvalue weighted by Crippen LogP contribution is 2.34. The Morgan fingerprint density at radius 3 is 2.56 bits per heavy atom. The second-order valence-electron chi connectivity index (χ2n) is 6.62. The summed E-state index contributed by atoms with van der Waals surface area (Å²) in [6.07, 6.45) is 3.45. The number of hydrogen-bond acceptors (Lipinski definition) is 2. The summed E-state index contributed by atoms with van der Waals surface area (Å²) in [5, 5.41) is 12.1. The van der Waals surface area contributed by atoms with E-state index in [-0.39, 0.29) is 18.2 Å². The van der Waals surface area contributed by atoms with Crippen molar-refractivity contribution >= 4 is 11.9 Å². The number of carbonyl (C=O) groups excluding carboxylic acids is 1. The third-order valence-corrected chi connectivity index (χ3v) is 4.84. The summed E-state index contributed by atoms with van der Waals surface area (Å²) in [5.41, 5.74) is 3.41. The molecule has 130 valence electrons. The van der Waals surface area contributed by atoms with E-state index in [1.54, 1.807) is 0 Å². The molecule has 0 unspecified atom stereocenters. The van der Waals surface area contributed by atoms with Crippen molar-refractivity contribution < 1.29 is 14.7 Å². The first-order valence-electron chi connectivity index (χ1n) is 8.77. The highest BCUT2D eigenvalue weighted by molar-refractivity contribution is 5.78. The number of amides is 1. The highest BCUT2D eigenvalue weighted by atomic mass is 16.4. The first kappa shape index (κ1) is 17.2. The van der Waals surface area contributed by atoms with Crippen molar-refractivity contribution in [2.75, 3.05) is 0 Å². The van der Waals surface area contributed by atoms with Crippen molar-refractivity contribution in [3.8, 4) is 0 Å². The second-order valence-corrected chi connectivity index (χ2v) is 6.62. The van der Waals surface area contributed by atoms with Gasteiger partial charge in [-0.3, -0.25) is 9.59 Å². The van der Waals surface area contributed by atoms with Gasteiger partial charge in [0.1, 0.15) is 0 Å². The van der Waals surface area contributed by atoms with Crippen LogP contribution in [-0.4, -0.2) is 17.0 Å². The van der Waals surface area contributed by atoms with Gasteiger partial charge in [-0.05, 0) is 41.9 Å². The van der Waals surface area contributed by atoms with Gasteiger partial charge in [0.25, 0.3) is 0 Å². The van der Waals surface area contributed by atoms with Crippen molar-refractivity contribution in [1.29, 1.82) is 0 Å². The van der Waals surface area contributed by atoms with Gasteiger partial charge in [-0.1, -0.05) is 54.6 Å². The maximum absolute atomic E-state index is 12.6. The van der Waals surface area contributed by atoms with Gasteiger partial charge in [0.05, 0.1) is 12.5 Å². The van der Waals surface area contributed by atoms with E-state index in [0.29, 0.717) is 6.42 Å². The number of carboxylic acids is 1. The molecule has 3 rings (SSSR count). The molecular formula is C21H23NO3. The standard InChI is InChI=1S/C21H23NO3/c23-20(13-17-11-6-10-15-7-4-5-12-18(15)17)22-19(14-21(24)25)16-8-2-1-3-9-16/h1-5,7-9,12,17,19H,6,10-11,13-14H2,(H,22,23)(H,24,25)/t17-,19+/m0/s1. The first-order valence-corrected chi connectivity index (χ1v) is 8.77. The Kier molecular flexibility index (Phi) is 5.49. The molecule has 2 atom stereocenters. The van der Waals surface area contributed by atoms with E-state index in [2.05, 4.69) is 17.4 Å². The Balaban J connectivity index is 1.69. The molecule has 0 fully saturated rings. The van der Waals surface area contributed by atoms with Crippen LogP contribution in [0.5, 0.6) is 0 Å². The van der Waals surface area contributed by atoms with Crippen molar-refractivity contribution in [1.82, 2.24) is 5.32 Å². The number of aliphatic carboxylic acids is 1. The molecule has 0 heterocycles. The summed E-state index contributed by atoms with van der Waals surface area (Å²) in [5.74, 6) is -0.792. The molecule has 4 heteroatoms. The molecule has 0 bridgehead atoms. The number of hydrogen-bond donors (Lipinski definition) is 2. The van der Waals surface area contributed by atoms with E-state index in [1.165, 1.54) is 11.1 Å². The van der Waals surface area contributed by atoms with Gasteiger partial charge in [-0.25, -0.2) is 0 Å². The average Bonchev–Trinajstić information content (AvgIpc) is 2.62. The molecule has 0 aliphatic heterocycles. The van der Waals surface area contributed by atoms with Crippen molar-refractivity contribution in [2.24, 2.45) is 0 Å². The molecule has 0 radical (unpaired) electrons. The summed E-state index contributed by atoms with van der Waals surface area (Å²) in [7, 11) is 0. The number of rotatable bonds is 6. The monoisotopic (exact) mass is 337 g/mol. The van der Waals surface area contributed by atoms with Crippen LogP contribution in [-0.2, 0) is 16.0 Å². The second kappa shape index (κ2) is 7.97. The van der Waals surface area contributed by atoms with E-state index in [1.807, 2.05) is 42.5 Å². The molecule has 1 amide bonds. The van der Waals surface area contributed by atoms with Crippen LogP contribution in [0.2, 0.25) is 0 Å². The number of carbonyl (C=O) groups is 2. The molecule has 1 aliphatic rings. The maximum atomic E-state index is 12.6. The Hall–Kier alpha value is -2.62. The van der Waals surface area contributed by atoms with Crippen LogP contribution in [0.3, 0.4) is 0 Å². The minimum atomic E-state index is -0.919. The number of nitrogens with one attached hydrogen (secondary N) is 1. The van der Waals surface area contributed by atoms with E-state index in [0.717, 1.165) is 24.8 Å². The van der Waals surface area contributed by atoms with Crippen LogP contribution >= 0.6 is 0 Å². The summed E-state index contributed by atoms with van der Waals surface area (Å²) in [6, 6.07) is 17.1. The Bertz CT molecular complexity index is 742. The Labute approximate surface area is 147 Å². The zero-order valence-electron chi connectivity index (χ0n) is 14.2. The highest BCUT2D eigenvalue weighted by Gasteiger charge is 2.24. The molecule has 0 spiro atoms. The van der Waals surface area contributed by atoms with E-state index in [4.69, 9.17) is 5.11 Å². The molecule has 4 nitrogen and oxygen atoms in total. The van der Waals surface area contributed by atoms with Crippen molar-refractivity contribution in [3.63, 3.8) is 0 Å². The van der Waals surface area contributed by atoms with Gasteiger partial charge in [-0.2, -0.15) is 0 Å². The van der Waals surface area contributed by atoms with Gasteiger partial charge >= 0.3 is 5.97 Å². The lowest BCUT2D eigenvalue weighted by molar-refractivity contribution is -0.137. The number of benzene rings is 2. The summed E-state index contributed by atoms with van der Waals surface area (Å²) < 4.78 is 0. The summed E-state index contributed by atoms with van der Waals surface area (Å²) >= 11 is 0.